The minimum atomic E-state index is -0.875. The Labute approximate surface area is 132 Å². The highest BCUT2D eigenvalue weighted by Crippen LogP contribution is 2.25. The number of rotatable bonds is 7. The molecule has 0 aromatic heterocycles. The van der Waals surface area contributed by atoms with Crippen LogP contribution in [0.2, 0.25) is 0 Å². The summed E-state index contributed by atoms with van der Waals surface area (Å²) in [7, 11) is 0. The predicted molar refractivity (Wildman–Crippen MR) is 83.8 cm³/mol. The average molecular weight is 359 g/mol. The first kappa shape index (κ1) is 17.3. The van der Waals surface area contributed by atoms with Gasteiger partial charge in [0.15, 0.2) is 0 Å². The fourth-order valence-corrected chi connectivity index (χ4v) is 2.06. The molecule has 6 nitrogen and oxygen atoms in total. The molecule has 0 aliphatic carbocycles. The zero-order valence-electron chi connectivity index (χ0n) is 12.0. The largest absolute Gasteiger partial charge is 0.491 e. The molecule has 0 unspecified atom stereocenters. The van der Waals surface area contributed by atoms with E-state index in [0.29, 0.717) is 24.4 Å². The number of aliphatic carboxylic acids is 1. The van der Waals surface area contributed by atoms with E-state index in [1.54, 1.807) is 12.1 Å². The second-order valence-electron chi connectivity index (χ2n) is 4.72. The Balaban J connectivity index is 2.51. The van der Waals surface area contributed by atoms with Crippen LogP contribution >= 0.6 is 15.9 Å². The number of benzene rings is 1. The minimum absolute atomic E-state index is 0.0313. The summed E-state index contributed by atoms with van der Waals surface area (Å²) in [5.41, 5.74) is 0.593. The van der Waals surface area contributed by atoms with E-state index in [1.165, 1.54) is 0 Å². The Hall–Kier alpha value is -1.76. The molecule has 0 aliphatic rings. The third-order valence-electron chi connectivity index (χ3n) is 2.35. The molecule has 0 saturated heterocycles. The Morgan fingerprint density at radius 3 is 2.67 bits per heavy atom. The third-order valence-corrected chi connectivity index (χ3v) is 2.81. The number of carbonyl (C=O) groups is 2. The maximum absolute atomic E-state index is 11.7. The highest BCUT2D eigenvalue weighted by atomic mass is 79.9. The molecule has 0 atom stereocenters. The van der Waals surface area contributed by atoms with Gasteiger partial charge in [0.1, 0.15) is 5.75 Å². The van der Waals surface area contributed by atoms with E-state index in [0.717, 1.165) is 4.47 Å². The van der Waals surface area contributed by atoms with Crippen molar-refractivity contribution >= 4 is 33.6 Å². The number of carbonyl (C=O) groups excluding carboxylic acids is 1. The van der Waals surface area contributed by atoms with Crippen LogP contribution in [0.5, 0.6) is 5.75 Å². The SMILES string of the molecule is CC(C)Oc1cc(Br)cc(NC(=O)NCCCC(=O)O)c1. The standard InChI is InChI=1S/C14H19BrN2O4/c1-9(2)21-12-7-10(15)6-11(8-12)17-14(20)16-5-3-4-13(18)19/h6-9H,3-5H2,1-2H3,(H,18,19)(H2,16,17,20). The van der Waals surface area contributed by atoms with Crippen LogP contribution in [0, 0.1) is 0 Å². The highest BCUT2D eigenvalue weighted by molar-refractivity contribution is 9.10. The summed E-state index contributed by atoms with van der Waals surface area (Å²) >= 11 is 3.36. The number of carboxylic acid groups (broad SMARTS) is 1. The summed E-state index contributed by atoms with van der Waals surface area (Å²) in [6.07, 6.45) is 0.462. The lowest BCUT2D eigenvalue weighted by Crippen LogP contribution is -2.29. The van der Waals surface area contributed by atoms with E-state index in [-0.39, 0.29) is 18.6 Å². The molecule has 21 heavy (non-hydrogen) atoms. The molecular weight excluding hydrogens is 340 g/mol. The molecule has 1 rings (SSSR count). The van der Waals surface area contributed by atoms with Gasteiger partial charge in [-0.2, -0.15) is 0 Å². The molecule has 0 saturated carbocycles. The van der Waals surface area contributed by atoms with Crippen molar-refractivity contribution in [1.82, 2.24) is 5.32 Å². The van der Waals surface area contributed by atoms with Crippen molar-refractivity contribution in [2.75, 3.05) is 11.9 Å². The van der Waals surface area contributed by atoms with E-state index < -0.39 is 5.97 Å². The second kappa shape index (κ2) is 8.51. The quantitative estimate of drug-likeness (QED) is 0.653. The first-order chi connectivity index (χ1) is 9.86. The van der Waals surface area contributed by atoms with Crippen LogP contribution in [0.25, 0.3) is 0 Å². The van der Waals surface area contributed by atoms with Crippen molar-refractivity contribution in [1.29, 1.82) is 0 Å². The Kier molecular flexibility index (Phi) is 7.01. The van der Waals surface area contributed by atoms with Crippen molar-refractivity contribution in [3.8, 4) is 5.75 Å². The number of anilines is 1. The number of nitrogens with one attached hydrogen (secondary N) is 2. The average Bonchev–Trinajstić information content (AvgIpc) is 2.32. The maximum atomic E-state index is 11.7. The van der Waals surface area contributed by atoms with E-state index in [9.17, 15) is 9.59 Å². The van der Waals surface area contributed by atoms with Crippen molar-refractivity contribution in [3.63, 3.8) is 0 Å². The van der Waals surface area contributed by atoms with Crippen molar-refractivity contribution in [3.05, 3.63) is 22.7 Å². The Morgan fingerprint density at radius 2 is 2.05 bits per heavy atom. The van der Waals surface area contributed by atoms with Gasteiger partial charge in [0.2, 0.25) is 0 Å². The molecule has 0 bridgehead atoms. The molecule has 3 N–H and O–H groups in total. The molecule has 116 valence electrons. The maximum Gasteiger partial charge on any atom is 0.319 e. The lowest BCUT2D eigenvalue weighted by Gasteiger charge is -2.13. The molecule has 1 aromatic carbocycles. The normalized spacial score (nSPS) is 10.3. The van der Waals surface area contributed by atoms with Crippen LogP contribution in [-0.4, -0.2) is 29.8 Å². The lowest BCUT2D eigenvalue weighted by molar-refractivity contribution is -0.137. The first-order valence-electron chi connectivity index (χ1n) is 6.60. The van der Waals surface area contributed by atoms with E-state index in [2.05, 4.69) is 26.6 Å². The summed E-state index contributed by atoms with van der Waals surface area (Å²) in [6, 6.07) is 4.91. The summed E-state index contributed by atoms with van der Waals surface area (Å²) in [4.78, 5) is 22.0. The van der Waals surface area contributed by atoms with Crippen molar-refractivity contribution in [2.45, 2.75) is 32.8 Å². The van der Waals surface area contributed by atoms with Gasteiger partial charge in [-0.3, -0.25) is 4.79 Å². The summed E-state index contributed by atoms with van der Waals surface area (Å²) in [5.74, 6) is -0.222. The van der Waals surface area contributed by atoms with Crippen LogP contribution in [-0.2, 0) is 4.79 Å². The van der Waals surface area contributed by atoms with Crippen molar-refractivity contribution in [2.24, 2.45) is 0 Å². The monoisotopic (exact) mass is 358 g/mol. The number of hydrogen-bond acceptors (Lipinski definition) is 3. The molecule has 0 aliphatic heterocycles. The fraction of sp³-hybridized carbons (Fsp3) is 0.429. The summed E-state index contributed by atoms with van der Waals surface area (Å²) in [5, 5.41) is 13.8. The highest BCUT2D eigenvalue weighted by Gasteiger charge is 2.06. The number of halogens is 1. The van der Waals surface area contributed by atoms with E-state index in [1.807, 2.05) is 19.9 Å². The number of amides is 2. The topological polar surface area (TPSA) is 87.7 Å². The number of carboxylic acids is 1. The fourth-order valence-electron chi connectivity index (χ4n) is 1.59. The molecular formula is C14H19BrN2O4. The van der Waals surface area contributed by atoms with Gasteiger partial charge in [-0.15, -0.1) is 0 Å². The van der Waals surface area contributed by atoms with Crippen LogP contribution < -0.4 is 15.4 Å². The predicted octanol–water partition coefficient (Wildman–Crippen LogP) is 3.22. The van der Waals surface area contributed by atoms with Gasteiger partial charge in [-0.1, -0.05) is 15.9 Å². The zero-order chi connectivity index (χ0) is 15.8. The van der Waals surface area contributed by atoms with Crippen LogP contribution in [0.3, 0.4) is 0 Å². The van der Waals surface area contributed by atoms with Crippen LogP contribution in [0.1, 0.15) is 26.7 Å². The van der Waals surface area contributed by atoms with E-state index >= 15 is 0 Å². The molecule has 0 radical (unpaired) electrons. The van der Waals surface area contributed by atoms with Crippen molar-refractivity contribution < 1.29 is 19.4 Å². The second-order valence-corrected chi connectivity index (χ2v) is 5.64. The third kappa shape index (κ3) is 7.55. The molecule has 2 amide bonds. The van der Waals surface area contributed by atoms with Gasteiger partial charge >= 0.3 is 12.0 Å². The van der Waals surface area contributed by atoms with Gasteiger partial charge in [-0.05, 0) is 32.4 Å². The smallest absolute Gasteiger partial charge is 0.319 e. The molecule has 0 spiro atoms. The minimum Gasteiger partial charge on any atom is -0.491 e. The summed E-state index contributed by atoms with van der Waals surface area (Å²) < 4.78 is 6.37. The molecule has 0 heterocycles. The summed E-state index contributed by atoms with van der Waals surface area (Å²) in [6.45, 7) is 4.15. The Bertz CT molecular complexity index is 506. The van der Waals surface area contributed by atoms with Gasteiger partial charge < -0.3 is 20.5 Å². The zero-order valence-corrected chi connectivity index (χ0v) is 13.6. The van der Waals surface area contributed by atoms with Crippen LogP contribution in [0.4, 0.5) is 10.5 Å². The molecule has 0 fully saturated rings. The number of ether oxygens (including phenoxy) is 1. The van der Waals surface area contributed by atoms with Gasteiger partial charge in [0, 0.05) is 29.2 Å². The molecule has 1 aromatic rings. The Morgan fingerprint density at radius 1 is 1.33 bits per heavy atom. The van der Waals surface area contributed by atoms with Gasteiger partial charge in [0.25, 0.3) is 0 Å². The number of urea groups is 1. The number of hydrogen-bond donors (Lipinski definition) is 3. The molecule has 7 heteroatoms. The van der Waals surface area contributed by atoms with Gasteiger partial charge in [-0.25, -0.2) is 4.79 Å². The lowest BCUT2D eigenvalue weighted by atomic mass is 10.3. The van der Waals surface area contributed by atoms with E-state index in [4.69, 9.17) is 9.84 Å². The van der Waals surface area contributed by atoms with Gasteiger partial charge in [0.05, 0.1) is 6.10 Å². The van der Waals surface area contributed by atoms with Crippen LogP contribution in [0.15, 0.2) is 22.7 Å². The first-order valence-corrected chi connectivity index (χ1v) is 7.40.